The molecule has 8 heteroatoms. The van der Waals surface area contributed by atoms with Gasteiger partial charge in [0.05, 0.1) is 6.07 Å². The molecule has 1 aromatic heterocycles. The number of carbonyl (C=O) groups excluding carboxylic acids is 3. The molecule has 1 atom stereocenters. The predicted molar refractivity (Wildman–Crippen MR) is 108 cm³/mol. The number of hydrogen-bond donors (Lipinski definition) is 3. The lowest BCUT2D eigenvalue weighted by Gasteiger charge is -2.19. The van der Waals surface area contributed by atoms with Crippen LogP contribution in [0.4, 0.5) is 5.69 Å². The summed E-state index contributed by atoms with van der Waals surface area (Å²) in [6, 6.07) is 10.7. The first-order chi connectivity index (χ1) is 13.9. The van der Waals surface area contributed by atoms with Crippen LogP contribution in [0.3, 0.4) is 0 Å². The van der Waals surface area contributed by atoms with Crippen molar-refractivity contribution in [2.24, 2.45) is 5.92 Å². The third kappa shape index (κ3) is 6.74. The van der Waals surface area contributed by atoms with Crippen molar-refractivity contribution in [3.05, 3.63) is 59.9 Å². The Balaban J connectivity index is 2.01. The average molecular weight is 393 g/mol. The van der Waals surface area contributed by atoms with Gasteiger partial charge in [-0.15, -0.1) is 0 Å². The fourth-order valence-corrected chi connectivity index (χ4v) is 2.61. The first-order valence-corrected chi connectivity index (χ1v) is 9.17. The summed E-state index contributed by atoms with van der Waals surface area (Å²) >= 11 is 0. The molecule has 150 valence electrons. The molecule has 0 aliphatic heterocycles. The summed E-state index contributed by atoms with van der Waals surface area (Å²) in [6.07, 6.45) is 3.51. The van der Waals surface area contributed by atoms with Crippen LogP contribution in [0.2, 0.25) is 0 Å². The van der Waals surface area contributed by atoms with Gasteiger partial charge >= 0.3 is 0 Å². The van der Waals surface area contributed by atoms with Crippen LogP contribution in [0.15, 0.2) is 48.8 Å². The Morgan fingerprint density at radius 2 is 1.62 bits per heavy atom. The number of rotatable bonds is 8. The number of nitriles is 1. The highest BCUT2D eigenvalue weighted by Gasteiger charge is 2.22. The van der Waals surface area contributed by atoms with Gasteiger partial charge in [-0.25, -0.2) is 0 Å². The normalized spacial score (nSPS) is 11.2. The standard InChI is InChI=1S/C21H23N5O3/c1-14(2)13-18(21(29)24-12-9-22)26-20(28)15-3-5-17(6-4-15)25-19(27)16-7-10-23-11-8-16/h3-8,10-11,14,18H,12-13H2,1-2H3,(H,24,29)(H,25,27)(H,26,28). The molecule has 0 bridgehead atoms. The molecule has 0 aliphatic carbocycles. The first-order valence-electron chi connectivity index (χ1n) is 9.17. The fourth-order valence-electron chi connectivity index (χ4n) is 2.61. The number of nitrogens with zero attached hydrogens (tertiary/aromatic N) is 2. The lowest BCUT2D eigenvalue weighted by atomic mass is 10.0. The molecule has 8 nitrogen and oxygen atoms in total. The van der Waals surface area contributed by atoms with Crippen LogP contribution >= 0.6 is 0 Å². The SMILES string of the molecule is CC(C)CC(NC(=O)c1ccc(NC(=O)c2ccncc2)cc1)C(=O)NCC#N. The van der Waals surface area contributed by atoms with E-state index < -0.39 is 17.9 Å². The van der Waals surface area contributed by atoms with Crippen LogP contribution in [0.1, 0.15) is 41.0 Å². The minimum atomic E-state index is -0.734. The maximum atomic E-state index is 12.5. The smallest absolute Gasteiger partial charge is 0.255 e. The van der Waals surface area contributed by atoms with Crippen LogP contribution in [0, 0.1) is 17.2 Å². The summed E-state index contributed by atoms with van der Waals surface area (Å²) in [4.78, 5) is 40.7. The van der Waals surface area contributed by atoms with Gasteiger partial charge in [0.25, 0.3) is 11.8 Å². The molecule has 0 aliphatic rings. The van der Waals surface area contributed by atoms with Gasteiger partial charge < -0.3 is 16.0 Å². The van der Waals surface area contributed by atoms with E-state index in [2.05, 4.69) is 20.9 Å². The number of hydrogen-bond acceptors (Lipinski definition) is 5. The number of nitrogens with one attached hydrogen (secondary N) is 3. The molecule has 0 radical (unpaired) electrons. The van der Waals surface area contributed by atoms with Gasteiger partial charge in [0.1, 0.15) is 12.6 Å². The molecule has 3 N–H and O–H groups in total. The van der Waals surface area contributed by atoms with Crippen molar-refractivity contribution < 1.29 is 14.4 Å². The lowest BCUT2D eigenvalue weighted by molar-refractivity contribution is -0.123. The molecule has 1 unspecified atom stereocenters. The van der Waals surface area contributed by atoms with Gasteiger partial charge in [0.2, 0.25) is 5.91 Å². The molecule has 0 fully saturated rings. The highest BCUT2D eigenvalue weighted by atomic mass is 16.2. The average Bonchev–Trinajstić information content (AvgIpc) is 2.72. The summed E-state index contributed by atoms with van der Waals surface area (Å²) in [5.41, 5.74) is 1.37. The van der Waals surface area contributed by atoms with Gasteiger partial charge in [-0.1, -0.05) is 13.8 Å². The lowest BCUT2D eigenvalue weighted by Crippen LogP contribution is -2.47. The van der Waals surface area contributed by atoms with E-state index in [1.165, 1.54) is 12.4 Å². The van der Waals surface area contributed by atoms with Gasteiger partial charge in [0, 0.05) is 29.2 Å². The second kappa shape index (κ2) is 10.6. The highest BCUT2D eigenvalue weighted by molar-refractivity contribution is 6.04. The summed E-state index contributed by atoms with van der Waals surface area (Å²) in [5.74, 6) is -0.903. The maximum Gasteiger partial charge on any atom is 0.255 e. The van der Waals surface area contributed by atoms with Crippen molar-refractivity contribution >= 4 is 23.4 Å². The molecule has 2 rings (SSSR count). The third-order valence-electron chi connectivity index (χ3n) is 4.02. The molecule has 1 aromatic carbocycles. The zero-order valence-electron chi connectivity index (χ0n) is 16.3. The third-order valence-corrected chi connectivity index (χ3v) is 4.02. The largest absolute Gasteiger partial charge is 0.341 e. The van der Waals surface area contributed by atoms with E-state index in [1.54, 1.807) is 36.4 Å². The van der Waals surface area contributed by atoms with Crippen molar-refractivity contribution in [3.8, 4) is 6.07 Å². The number of carbonyl (C=O) groups is 3. The van der Waals surface area contributed by atoms with E-state index in [9.17, 15) is 14.4 Å². The van der Waals surface area contributed by atoms with Crippen molar-refractivity contribution in [1.82, 2.24) is 15.6 Å². The van der Waals surface area contributed by atoms with E-state index >= 15 is 0 Å². The second-order valence-corrected chi connectivity index (χ2v) is 6.80. The van der Waals surface area contributed by atoms with E-state index in [0.717, 1.165) is 0 Å². The van der Waals surface area contributed by atoms with E-state index in [0.29, 0.717) is 23.2 Å². The number of pyridine rings is 1. The Kier molecular flexibility index (Phi) is 7.86. The Hall–Kier alpha value is -3.73. The Bertz CT molecular complexity index is 889. The minimum Gasteiger partial charge on any atom is -0.341 e. The molecule has 29 heavy (non-hydrogen) atoms. The van der Waals surface area contributed by atoms with Crippen molar-refractivity contribution in [2.75, 3.05) is 11.9 Å². The maximum absolute atomic E-state index is 12.5. The van der Waals surface area contributed by atoms with Crippen LogP contribution in [-0.2, 0) is 4.79 Å². The predicted octanol–water partition coefficient (Wildman–Crippen LogP) is 2.12. The Morgan fingerprint density at radius 3 is 2.21 bits per heavy atom. The minimum absolute atomic E-state index is 0.116. The van der Waals surface area contributed by atoms with E-state index in [1.807, 2.05) is 19.9 Å². The van der Waals surface area contributed by atoms with E-state index in [-0.39, 0.29) is 18.4 Å². The summed E-state index contributed by atoms with van der Waals surface area (Å²) in [5, 5.41) is 16.5. The van der Waals surface area contributed by atoms with E-state index in [4.69, 9.17) is 5.26 Å². The zero-order chi connectivity index (χ0) is 21.2. The fraction of sp³-hybridized carbons (Fsp3) is 0.286. The number of benzene rings is 1. The molecule has 3 amide bonds. The van der Waals surface area contributed by atoms with Crippen LogP contribution in [0.25, 0.3) is 0 Å². The van der Waals surface area contributed by atoms with Crippen LogP contribution in [0.5, 0.6) is 0 Å². The molecule has 0 saturated heterocycles. The molecular weight excluding hydrogens is 370 g/mol. The topological polar surface area (TPSA) is 124 Å². The van der Waals surface area contributed by atoms with Crippen molar-refractivity contribution in [1.29, 1.82) is 5.26 Å². The highest BCUT2D eigenvalue weighted by Crippen LogP contribution is 2.12. The van der Waals surface area contributed by atoms with Crippen molar-refractivity contribution in [3.63, 3.8) is 0 Å². The molecule has 0 spiro atoms. The molecule has 2 aromatic rings. The van der Waals surface area contributed by atoms with Crippen LogP contribution < -0.4 is 16.0 Å². The summed E-state index contributed by atoms with van der Waals surface area (Å²) < 4.78 is 0. The Morgan fingerprint density at radius 1 is 1.00 bits per heavy atom. The summed E-state index contributed by atoms with van der Waals surface area (Å²) in [7, 11) is 0. The number of amides is 3. The number of aromatic nitrogens is 1. The van der Waals surface area contributed by atoms with Gasteiger partial charge in [-0.2, -0.15) is 5.26 Å². The zero-order valence-corrected chi connectivity index (χ0v) is 16.3. The second-order valence-electron chi connectivity index (χ2n) is 6.80. The van der Waals surface area contributed by atoms with Crippen LogP contribution in [-0.4, -0.2) is 35.3 Å². The molecule has 0 saturated carbocycles. The summed E-state index contributed by atoms with van der Waals surface area (Å²) in [6.45, 7) is 3.77. The van der Waals surface area contributed by atoms with Gasteiger partial charge in [0.15, 0.2) is 0 Å². The van der Waals surface area contributed by atoms with Crippen molar-refractivity contribution in [2.45, 2.75) is 26.3 Å². The quantitative estimate of drug-likeness (QED) is 0.593. The molecular formula is C21H23N5O3. The Labute approximate surface area is 169 Å². The molecule has 1 heterocycles. The van der Waals surface area contributed by atoms with Gasteiger partial charge in [-0.05, 0) is 48.7 Å². The number of anilines is 1. The monoisotopic (exact) mass is 393 g/mol. The first kappa shape index (κ1) is 21.6. The van der Waals surface area contributed by atoms with Gasteiger partial charge in [-0.3, -0.25) is 19.4 Å².